The van der Waals surface area contributed by atoms with Crippen LogP contribution in [0.3, 0.4) is 0 Å². The molecule has 2 fully saturated rings. The summed E-state index contributed by atoms with van der Waals surface area (Å²) in [5, 5.41) is 21.0. The Hall–Kier alpha value is -2.81. The lowest BCUT2D eigenvalue weighted by atomic mass is 9.74. The van der Waals surface area contributed by atoms with Crippen LogP contribution in [0, 0.1) is 5.41 Å². The molecular weight excluding hydrogens is 482 g/mol. The molecular formula is C30H41N3O5. The van der Waals surface area contributed by atoms with Gasteiger partial charge in [-0.3, -0.25) is 19.5 Å². The monoisotopic (exact) mass is 523 g/mol. The van der Waals surface area contributed by atoms with Crippen molar-refractivity contribution in [3.8, 4) is 0 Å². The normalized spacial score (nSPS) is 23.6. The van der Waals surface area contributed by atoms with E-state index >= 15 is 0 Å². The second-order valence-corrected chi connectivity index (χ2v) is 10.8. The maximum absolute atomic E-state index is 13.3. The van der Waals surface area contributed by atoms with Crippen molar-refractivity contribution in [2.24, 2.45) is 5.41 Å². The van der Waals surface area contributed by atoms with E-state index in [9.17, 15) is 19.8 Å². The lowest BCUT2D eigenvalue weighted by Crippen LogP contribution is -2.45. The Bertz CT molecular complexity index is 1010. The first kappa shape index (κ1) is 28.2. The molecule has 38 heavy (non-hydrogen) atoms. The summed E-state index contributed by atoms with van der Waals surface area (Å²) in [6.07, 6.45) is 6.33. The fraction of sp³-hybridized carbons (Fsp3) is 0.567. The second kappa shape index (κ2) is 13.8. The average molecular weight is 524 g/mol. The molecule has 0 aliphatic carbocycles. The Morgan fingerprint density at radius 1 is 0.921 bits per heavy atom. The van der Waals surface area contributed by atoms with E-state index in [-0.39, 0.29) is 24.9 Å². The second-order valence-electron chi connectivity index (χ2n) is 10.8. The lowest BCUT2D eigenvalue weighted by molar-refractivity contribution is -0.165. The van der Waals surface area contributed by atoms with Gasteiger partial charge in [-0.05, 0) is 74.9 Å². The molecule has 1 amide bonds. The van der Waals surface area contributed by atoms with Gasteiger partial charge in [-0.15, -0.1) is 0 Å². The molecule has 2 aliphatic rings. The van der Waals surface area contributed by atoms with Crippen molar-refractivity contribution >= 4 is 11.9 Å². The molecule has 8 nitrogen and oxygen atoms in total. The molecule has 2 atom stereocenters. The Morgan fingerprint density at radius 2 is 1.66 bits per heavy atom. The number of nitrogens with zero attached hydrogens (tertiary/aromatic N) is 3. The third-order valence-electron chi connectivity index (χ3n) is 8.08. The number of amides is 1. The highest BCUT2D eigenvalue weighted by Crippen LogP contribution is 2.38. The van der Waals surface area contributed by atoms with Crippen LogP contribution in [0.2, 0.25) is 0 Å². The number of ether oxygens (including phenoxy) is 1. The van der Waals surface area contributed by atoms with Crippen molar-refractivity contribution in [2.75, 3.05) is 32.8 Å². The number of aryl methyl sites for hydroxylation is 1. The summed E-state index contributed by atoms with van der Waals surface area (Å²) in [5.74, 6) is -0.223. The summed E-state index contributed by atoms with van der Waals surface area (Å²) < 4.78 is 5.59. The zero-order valence-corrected chi connectivity index (χ0v) is 22.2. The molecule has 8 heteroatoms. The minimum atomic E-state index is -1.18. The maximum atomic E-state index is 13.3. The first-order chi connectivity index (χ1) is 18.4. The Labute approximate surface area is 225 Å². The van der Waals surface area contributed by atoms with Crippen molar-refractivity contribution in [3.63, 3.8) is 0 Å². The van der Waals surface area contributed by atoms with Crippen LogP contribution in [0.25, 0.3) is 0 Å². The van der Waals surface area contributed by atoms with Crippen molar-refractivity contribution in [1.29, 1.82) is 0 Å². The number of hydrogen-bond donors (Lipinski definition) is 2. The van der Waals surface area contributed by atoms with Crippen LogP contribution in [-0.4, -0.2) is 81.9 Å². The molecule has 2 aromatic rings. The Balaban J connectivity index is 1.37. The van der Waals surface area contributed by atoms with Gasteiger partial charge in [-0.25, -0.2) is 0 Å². The average Bonchev–Trinajstić information content (AvgIpc) is 2.96. The topological polar surface area (TPSA) is 103 Å². The SMILES string of the molecule is O=C(CCc1ccccc1)N1CCCCC2(CCN(Cc3ccncc3)CC2)C(=O)OC[C@@H](O)[C@@H](O)CC1. The predicted octanol–water partition coefficient (Wildman–Crippen LogP) is 2.96. The summed E-state index contributed by atoms with van der Waals surface area (Å²) >= 11 is 0. The molecule has 0 bridgehead atoms. The molecule has 0 unspecified atom stereocenters. The fourth-order valence-corrected chi connectivity index (χ4v) is 5.53. The molecule has 2 aliphatic heterocycles. The smallest absolute Gasteiger partial charge is 0.312 e. The number of carbonyl (C=O) groups is 2. The summed E-state index contributed by atoms with van der Waals surface area (Å²) in [6, 6.07) is 14.0. The van der Waals surface area contributed by atoms with E-state index in [0.29, 0.717) is 45.2 Å². The summed E-state index contributed by atoms with van der Waals surface area (Å²) in [5.41, 5.74) is 1.72. The predicted molar refractivity (Wildman–Crippen MR) is 144 cm³/mol. The maximum Gasteiger partial charge on any atom is 0.312 e. The lowest BCUT2D eigenvalue weighted by Gasteiger charge is -2.40. The number of aromatic nitrogens is 1. The highest BCUT2D eigenvalue weighted by Gasteiger charge is 2.42. The van der Waals surface area contributed by atoms with Gasteiger partial charge < -0.3 is 19.8 Å². The number of aliphatic hydroxyl groups is 2. The van der Waals surface area contributed by atoms with Crippen molar-refractivity contribution < 1.29 is 24.5 Å². The summed E-state index contributed by atoms with van der Waals surface area (Å²) in [7, 11) is 0. The molecule has 2 N–H and O–H groups in total. The molecule has 2 saturated heterocycles. The third-order valence-corrected chi connectivity index (χ3v) is 8.08. The van der Waals surface area contributed by atoms with Crippen LogP contribution in [0.15, 0.2) is 54.9 Å². The Morgan fingerprint density at radius 3 is 2.39 bits per heavy atom. The molecule has 4 rings (SSSR count). The van der Waals surface area contributed by atoms with Crippen LogP contribution in [0.5, 0.6) is 0 Å². The highest BCUT2D eigenvalue weighted by molar-refractivity contribution is 5.77. The van der Waals surface area contributed by atoms with Crippen molar-refractivity contribution in [2.45, 2.75) is 70.1 Å². The molecule has 3 heterocycles. The minimum Gasteiger partial charge on any atom is -0.462 e. The van der Waals surface area contributed by atoms with Gasteiger partial charge in [0.15, 0.2) is 0 Å². The number of benzene rings is 1. The molecule has 1 aromatic carbocycles. The molecule has 206 valence electrons. The first-order valence-corrected chi connectivity index (χ1v) is 13.9. The van der Waals surface area contributed by atoms with E-state index in [1.807, 2.05) is 47.4 Å². The number of carbonyl (C=O) groups excluding carboxylic acids is 2. The minimum absolute atomic E-state index is 0.0527. The largest absolute Gasteiger partial charge is 0.462 e. The van der Waals surface area contributed by atoms with Crippen molar-refractivity contribution in [3.05, 3.63) is 66.0 Å². The number of esters is 1. The van der Waals surface area contributed by atoms with Crippen LogP contribution < -0.4 is 0 Å². The van der Waals surface area contributed by atoms with E-state index in [1.165, 1.54) is 5.56 Å². The number of aliphatic hydroxyl groups excluding tert-OH is 2. The number of hydrogen-bond acceptors (Lipinski definition) is 7. The van der Waals surface area contributed by atoms with Gasteiger partial charge in [0.1, 0.15) is 12.7 Å². The molecule has 1 aromatic heterocycles. The zero-order valence-electron chi connectivity index (χ0n) is 22.2. The number of cyclic esters (lactones) is 1. The summed E-state index contributed by atoms with van der Waals surface area (Å²) in [6.45, 7) is 3.10. The quantitative estimate of drug-likeness (QED) is 0.581. The first-order valence-electron chi connectivity index (χ1n) is 13.9. The van der Waals surface area contributed by atoms with Gasteiger partial charge in [0, 0.05) is 38.4 Å². The van der Waals surface area contributed by atoms with Gasteiger partial charge in [0.05, 0.1) is 11.5 Å². The van der Waals surface area contributed by atoms with E-state index in [2.05, 4.69) is 9.88 Å². The summed E-state index contributed by atoms with van der Waals surface area (Å²) in [4.78, 5) is 34.6. The van der Waals surface area contributed by atoms with Crippen LogP contribution >= 0.6 is 0 Å². The van der Waals surface area contributed by atoms with E-state index in [1.54, 1.807) is 12.4 Å². The number of likely N-dealkylation sites (tertiary alicyclic amines) is 1. The van der Waals surface area contributed by atoms with Crippen LogP contribution in [0.1, 0.15) is 56.1 Å². The van der Waals surface area contributed by atoms with Crippen LogP contribution in [0.4, 0.5) is 0 Å². The van der Waals surface area contributed by atoms with Crippen molar-refractivity contribution in [1.82, 2.24) is 14.8 Å². The number of rotatable bonds is 5. The van der Waals surface area contributed by atoms with E-state index in [4.69, 9.17) is 4.74 Å². The van der Waals surface area contributed by atoms with Gasteiger partial charge in [-0.2, -0.15) is 0 Å². The highest BCUT2D eigenvalue weighted by atomic mass is 16.5. The van der Waals surface area contributed by atoms with E-state index in [0.717, 1.165) is 38.0 Å². The van der Waals surface area contributed by atoms with Gasteiger partial charge >= 0.3 is 5.97 Å². The molecule has 0 saturated carbocycles. The standard InChI is InChI=1S/C30H41N3O5/c34-26-12-19-33(28(36)9-8-24-6-2-1-3-7-24)18-5-4-13-30(29(37)38-23-27(26)35)14-20-32(21-15-30)22-25-10-16-31-17-11-25/h1-3,6-7,10-11,16-17,26-27,34-35H,4-5,8-9,12-15,18-23H2/t26-,27+/m0/s1. The fourth-order valence-electron chi connectivity index (χ4n) is 5.53. The van der Waals surface area contributed by atoms with E-state index < -0.39 is 17.6 Å². The Kier molecular flexibility index (Phi) is 10.3. The number of pyridine rings is 1. The molecule has 1 spiro atoms. The van der Waals surface area contributed by atoms with Crippen LogP contribution in [-0.2, 0) is 27.3 Å². The van der Waals surface area contributed by atoms with Gasteiger partial charge in [-0.1, -0.05) is 36.8 Å². The third kappa shape index (κ3) is 7.85. The number of piperidine rings is 1. The van der Waals surface area contributed by atoms with Gasteiger partial charge in [0.25, 0.3) is 0 Å². The zero-order chi connectivity index (χ0) is 26.8. The van der Waals surface area contributed by atoms with Gasteiger partial charge in [0.2, 0.25) is 5.91 Å². The molecule has 0 radical (unpaired) electrons.